The normalized spacial score (nSPS) is 46.9. The Balaban J connectivity index is 1.98. The SMILES string of the molecule is CO[C@@H]1O[C@@]2(OC)C[C@H](O)[C@@H](C)[C@H]2[C@H]2[C@H]1[C@H](O)C[C@H]2/C(C)=C\CC=C(C)C. The molecule has 1 aliphatic heterocycles. The van der Waals surface area contributed by atoms with Gasteiger partial charge in [0.15, 0.2) is 12.1 Å². The first-order valence-corrected chi connectivity index (χ1v) is 10.2. The van der Waals surface area contributed by atoms with Crippen LogP contribution in [0.5, 0.6) is 0 Å². The van der Waals surface area contributed by atoms with Gasteiger partial charge in [-0.2, -0.15) is 0 Å². The molecule has 2 N–H and O–H groups in total. The standard InChI is InChI=1S/C22H36O5/c1-12(2)8-7-9-13(3)15-10-16(23)19-18(15)20-14(4)17(24)11-22(20,26-6)27-21(19)25-5/h8-9,14-21,23-24H,7,10-11H2,1-6H3/b13-9-/t14-,15+,16-,17+,18-,19-,20+,21-,22+/m1/s1. The zero-order valence-electron chi connectivity index (χ0n) is 17.5. The molecule has 1 heterocycles. The molecule has 0 amide bonds. The molecule has 0 aromatic rings. The molecule has 0 radical (unpaired) electrons. The summed E-state index contributed by atoms with van der Waals surface area (Å²) in [5.74, 6) is -0.467. The fourth-order valence-electron chi connectivity index (χ4n) is 5.84. The molecule has 0 aromatic heterocycles. The van der Waals surface area contributed by atoms with Crippen molar-refractivity contribution in [2.24, 2.45) is 29.6 Å². The average molecular weight is 381 g/mol. The Labute approximate surface area is 163 Å². The number of rotatable bonds is 5. The summed E-state index contributed by atoms with van der Waals surface area (Å²) in [6, 6.07) is 0. The molecule has 3 aliphatic rings. The van der Waals surface area contributed by atoms with Crippen LogP contribution in [0.1, 0.15) is 47.0 Å². The van der Waals surface area contributed by atoms with Crippen molar-refractivity contribution in [3.8, 4) is 0 Å². The van der Waals surface area contributed by atoms with E-state index in [1.165, 1.54) is 11.1 Å². The number of hydrogen-bond donors (Lipinski definition) is 2. The van der Waals surface area contributed by atoms with E-state index in [-0.39, 0.29) is 29.6 Å². The summed E-state index contributed by atoms with van der Waals surface area (Å²) >= 11 is 0. The van der Waals surface area contributed by atoms with Gasteiger partial charge in [-0.15, -0.1) is 0 Å². The topological polar surface area (TPSA) is 68.2 Å². The van der Waals surface area contributed by atoms with E-state index in [1.54, 1.807) is 14.2 Å². The molecule has 2 aliphatic carbocycles. The summed E-state index contributed by atoms with van der Waals surface area (Å²) in [7, 11) is 3.28. The monoisotopic (exact) mass is 380 g/mol. The minimum Gasteiger partial charge on any atom is -0.393 e. The largest absolute Gasteiger partial charge is 0.393 e. The quantitative estimate of drug-likeness (QED) is 0.717. The lowest BCUT2D eigenvalue weighted by molar-refractivity contribution is -0.368. The summed E-state index contributed by atoms with van der Waals surface area (Å²) in [5, 5.41) is 21.5. The molecular weight excluding hydrogens is 344 g/mol. The van der Waals surface area contributed by atoms with Crippen molar-refractivity contribution in [2.75, 3.05) is 14.2 Å². The van der Waals surface area contributed by atoms with Crippen LogP contribution in [0.25, 0.3) is 0 Å². The van der Waals surface area contributed by atoms with Gasteiger partial charge in [0, 0.05) is 32.5 Å². The Kier molecular flexibility index (Phi) is 6.19. The van der Waals surface area contributed by atoms with Gasteiger partial charge in [-0.25, -0.2) is 0 Å². The Morgan fingerprint density at radius 1 is 1.11 bits per heavy atom. The van der Waals surface area contributed by atoms with Crippen molar-refractivity contribution in [1.29, 1.82) is 0 Å². The molecule has 0 unspecified atom stereocenters. The molecule has 0 aromatic carbocycles. The number of aliphatic hydroxyl groups excluding tert-OH is 2. The van der Waals surface area contributed by atoms with Crippen molar-refractivity contribution >= 4 is 0 Å². The van der Waals surface area contributed by atoms with Crippen molar-refractivity contribution in [1.82, 2.24) is 0 Å². The van der Waals surface area contributed by atoms with E-state index in [0.29, 0.717) is 12.8 Å². The van der Waals surface area contributed by atoms with Gasteiger partial charge in [-0.3, -0.25) is 0 Å². The van der Waals surface area contributed by atoms with Crippen LogP contribution < -0.4 is 0 Å². The molecule has 0 bridgehead atoms. The Hall–Kier alpha value is -0.720. The van der Waals surface area contributed by atoms with E-state index in [0.717, 1.165) is 6.42 Å². The van der Waals surface area contributed by atoms with Crippen LogP contribution in [0.4, 0.5) is 0 Å². The van der Waals surface area contributed by atoms with Gasteiger partial charge in [-0.05, 0) is 51.4 Å². The van der Waals surface area contributed by atoms with Gasteiger partial charge in [0.25, 0.3) is 0 Å². The van der Waals surface area contributed by atoms with Gasteiger partial charge in [0.05, 0.1) is 12.2 Å². The van der Waals surface area contributed by atoms with Crippen molar-refractivity contribution in [2.45, 2.75) is 71.2 Å². The van der Waals surface area contributed by atoms with Crippen LogP contribution in [0, 0.1) is 29.6 Å². The molecule has 0 spiro atoms. The van der Waals surface area contributed by atoms with E-state index in [4.69, 9.17) is 14.2 Å². The average Bonchev–Trinajstić information content (AvgIpc) is 3.09. The summed E-state index contributed by atoms with van der Waals surface area (Å²) < 4.78 is 17.8. The third-order valence-corrected chi connectivity index (χ3v) is 7.20. The van der Waals surface area contributed by atoms with Gasteiger partial charge < -0.3 is 24.4 Å². The number of allylic oxidation sites excluding steroid dienone is 4. The molecule has 154 valence electrons. The van der Waals surface area contributed by atoms with Gasteiger partial charge in [0.2, 0.25) is 0 Å². The zero-order chi connectivity index (χ0) is 19.9. The fourth-order valence-corrected chi connectivity index (χ4v) is 5.84. The highest BCUT2D eigenvalue weighted by atomic mass is 16.8. The molecule has 1 saturated heterocycles. The van der Waals surface area contributed by atoms with E-state index in [9.17, 15) is 10.2 Å². The number of hydrogen-bond acceptors (Lipinski definition) is 5. The molecule has 5 heteroatoms. The molecule has 27 heavy (non-hydrogen) atoms. The molecule has 3 fully saturated rings. The maximum absolute atomic E-state index is 10.9. The van der Waals surface area contributed by atoms with Crippen LogP contribution in [0.2, 0.25) is 0 Å². The highest BCUT2D eigenvalue weighted by molar-refractivity contribution is 5.18. The lowest BCUT2D eigenvalue weighted by atomic mass is 9.68. The van der Waals surface area contributed by atoms with Gasteiger partial charge >= 0.3 is 0 Å². The van der Waals surface area contributed by atoms with E-state index < -0.39 is 24.3 Å². The molecule has 3 rings (SSSR count). The Bertz CT molecular complexity index is 596. The van der Waals surface area contributed by atoms with Crippen molar-refractivity contribution < 1.29 is 24.4 Å². The maximum Gasteiger partial charge on any atom is 0.176 e. The van der Waals surface area contributed by atoms with E-state index >= 15 is 0 Å². The molecule has 5 nitrogen and oxygen atoms in total. The Morgan fingerprint density at radius 3 is 2.41 bits per heavy atom. The van der Waals surface area contributed by atoms with Gasteiger partial charge in [-0.1, -0.05) is 30.2 Å². The van der Waals surface area contributed by atoms with Crippen LogP contribution in [0.3, 0.4) is 0 Å². The summed E-state index contributed by atoms with van der Waals surface area (Å²) in [6.07, 6.45) is 5.08. The van der Waals surface area contributed by atoms with Crippen molar-refractivity contribution in [3.05, 3.63) is 23.3 Å². The second-order valence-electron chi connectivity index (χ2n) is 8.92. The predicted octanol–water partition coefficient (Wildman–Crippen LogP) is 3.26. The van der Waals surface area contributed by atoms with Crippen molar-refractivity contribution in [3.63, 3.8) is 0 Å². The second kappa shape index (κ2) is 7.96. The van der Waals surface area contributed by atoms with E-state index in [1.807, 2.05) is 0 Å². The fraction of sp³-hybridized carbons (Fsp3) is 0.818. The number of aliphatic hydroxyl groups is 2. The first kappa shape index (κ1) is 21.0. The minimum absolute atomic E-state index is 0.0304. The Morgan fingerprint density at radius 2 is 1.81 bits per heavy atom. The first-order chi connectivity index (χ1) is 12.8. The van der Waals surface area contributed by atoms with Crippen LogP contribution in [0.15, 0.2) is 23.3 Å². The zero-order valence-corrected chi connectivity index (χ0v) is 17.5. The predicted molar refractivity (Wildman–Crippen MR) is 104 cm³/mol. The van der Waals surface area contributed by atoms with Crippen LogP contribution in [-0.4, -0.2) is 48.7 Å². The van der Waals surface area contributed by atoms with E-state index in [2.05, 4.69) is 39.8 Å². The number of methoxy groups -OCH3 is 2. The molecular formula is C22H36O5. The highest BCUT2D eigenvalue weighted by Gasteiger charge is 2.67. The highest BCUT2D eigenvalue weighted by Crippen LogP contribution is 2.61. The third-order valence-electron chi connectivity index (χ3n) is 7.20. The lowest BCUT2D eigenvalue weighted by Crippen LogP contribution is -2.57. The third kappa shape index (κ3) is 3.53. The molecule has 9 atom stereocenters. The van der Waals surface area contributed by atoms with Crippen LogP contribution in [-0.2, 0) is 14.2 Å². The van der Waals surface area contributed by atoms with Crippen LogP contribution >= 0.6 is 0 Å². The van der Waals surface area contributed by atoms with Gasteiger partial charge in [0.1, 0.15) is 0 Å². The molecule has 2 saturated carbocycles. The first-order valence-electron chi connectivity index (χ1n) is 10.2. The maximum atomic E-state index is 10.9. The second-order valence-corrected chi connectivity index (χ2v) is 8.92. The summed E-state index contributed by atoms with van der Waals surface area (Å²) in [5.41, 5.74) is 2.61. The smallest absolute Gasteiger partial charge is 0.176 e. The number of ether oxygens (including phenoxy) is 3. The number of fused-ring (bicyclic) bond motifs is 3. The lowest BCUT2D eigenvalue weighted by Gasteiger charge is -2.50. The minimum atomic E-state index is -0.844. The summed E-state index contributed by atoms with van der Waals surface area (Å²) in [4.78, 5) is 0. The summed E-state index contributed by atoms with van der Waals surface area (Å²) in [6.45, 7) is 8.46.